The molecule has 0 aromatic carbocycles. The van der Waals surface area contributed by atoms with Crippen molar-refractivity contribution in [3.05, 3.63) is 0 Å². The maximum absolute atomic E-state index is 12.4. The van der Waals surface area contributed by atoms with Crippen molar-refractivity contribution >= 4 is 11.9 Å². The summed E-state index contributed by atoms with van der Waals surface area (Å²) in [6.45, 7) is 23.4. The molecule has 202 valence electrons. The van der Waals surface area contributed by atoms with Crippen LogP contribution >= 0.6 is 0 Å². The fraction of sp³-hybridized carbons (Fsp3) is 0.929. The van der Waals surface area contributed by atoms with E-state index in [9.17, 15) is 9.59 Å². The Morgan fingerprint density at radius 2 is 1.21 bits per heavy atom. The van der Waals surface area contributed by atoms with E-state index in [0.717, 1.165) is 32.4 Å². The van der Waals surface area contributed by atoms with Crippen LogP contribution in [0.25, 0.3) is 0 Å². The minimum absolute atomic E-state index is 0.0141. The molecule has 0 fully saturated rings. The third-order valence-corrected chi connectivity index (χ3v) is 5.56. The maximum atomic E-state index is 12.4. The van der Waals surface area contributed by atoms with Gasteiger partial charge in [0, 0.05) is 13.1 Å². The van der Waals surface area contributed by atoms with Gasteiger partial charge in [0.2, 0.25) is 0 Å². The molecule has 0 saturated carbocycles. The van der Waals surface area contributed by atoms with Gasteiger partial charge in [-0.15, -0.1) is 0 Å². The second kappa shape index (κ2) is 15.1. The lowest BCUT2D eigenvalue weighted by molar-refractivity contribution is -0.147. The van der Waals surface area contributed by atoms with E-state index >= 15 is 0 Å². The highest BCUT2D eigenvalue weighted by Gasteiger charge is 2.27. The molecule has 34 heavy (non-hydrogen) atoms. The molecule has 0 aliphatic rings. The van der Waals surface area contributed by atoms with Crippen LogP contribution in [0.4, 0.5) is 0 Å². The number of ether oxygens (including phenoxy) is 2. The molecule has 0 rings (SSSR count). The molecule has 0 heterocycles. The molecule has 0 bridgehead atoms. The molecule has 0 atom stereocenters. The monoisotopic (exact) mass is 484 g/mol. The summed E-state index contributed by atoms with van der Waals surface area (Å²) in [7, 11) is 4.11. The molecule has 0 aliphatic heterocycles. The van der Waals surface area contributed by atoms with Crippen LogP contribution in [-0.4, -0.2) is 75.2 Å². The fourth-order valence-electron chi connectivity index (χ4n) is 4.79. The van der Waals surface area contributed by atoms with E-state index in [4.69, 9.17) is 9.47 Å². The molecule has 0 N–H and O–H groups in total. The minimum atomic E-state index is -0.169. The Labute approximate surface area is 211 Å². The first kappa shape index (κ1) is 32.9. The number of hydrogen-bond donors (Lipinski definition) is 0. The van der Waals surface area contributed by atoms with Crippen LogP contribution in [0, 0.1) is 22.2 Å². The van der Waals surface area contributed by atoms with Crippen molar-refractivity contribution in [1.82, 2.24) is 9.80 Å². The molecule has 0 saturated heterocycles. The van der Waals surface area contributed by atoms with Crippen molar-refractivity contribution in [2.45, 2.75) is 94.4 Å². The van der Waals surface area contributed by atoms with Crippen molar-refractivity contribution in [1.29, 1.82) is 0 Å². The minimum Gasteiger partial charge on any atom is -0.465 e. The average Bonchev–Trinajstić information content (AvgIpc) is 2.63. The van der Waals surface area contributed by atoms with Gasteiger partial charge in [-0.1, -0.05) is 62.3 Å². The van der Waals surface area contributed by atoms with Gasteiger partial charge in [-0.25, -0.2) is 0 Å². The molecule has 6 nitrogen and oxygen atoms in total. The van der Waals surface area contributed by atoms with Crippen LogP contribution in [0.2, 0.25) is 0 Å². The van der Waals surface area contributed by atoms with Gasteiger partial charge in [-0.2, -0.15) is 0 Å². The highest BCUT2D eigenvalue weighted by Crippen LogP contribution is 2.33. The van der Waals surface area contributed by atoms with E-state index in [1.165, 1.54) is 0 Å². The lowest BCUT2D eigenvalue weighted by Crippen LogP contribution is -2.33. The molecule has 0 radical (unpaired) electrons. The van der Waals surface area contributed by atoms with E-state index in [1.54, 1.807) is 0 Å². The van der Waals surface area contributed by atoms with Crippen molar-refractivity contribution in [3.63, 3.8) is 0 Å². The predicted octanol–water partition coefficient (Wildman–Crippen LogP) is 5.64. The molecule has 0 unspecified atom stereocenters. The van der Waals surface area contributed by atoms with Crippen LogP contribution in [0.5, 0.6) is 0 Å². The van der Waals surface area contributed by atoms with Crippen LogP contribution in [0.15, 0.2) is 0 Å². The zero-order valence-corrected chi connectivity index (χ0v) is 24.4. The summed E-state index contributed by atoms with van der Waals surface area (Å²) >= 11 is 0. The van der Waals surface area contributed by atoms with E-state index in [1.807, 2.05) is 0 Å². The Morgan fingerprint density at radius 3 is 1.62 bits per heavy atom. The first-order chi connectivity index (χ1) is 15.4. The van der Waals surface area contributed by atoms with E-state index in [2.05, 4.69) is 86.2 Å². The Hall–Kier alpha value is -1.14. The lowest BCUT2D eigenvalue weighted by atomic mass is 9.77. The average molecular weight is 485 g/mol. The smallest absolute Gasteiger partial charge is 0.307 e. The highest BCUT2D eigenvalue weighted by molar-refractivity contribution is 5.70. The molecular formula is C28H56N2O4. The molecular weight excluding hydrogens is 428 g/mol. The third kappa shape index (κ3) is 19.2. The van der Waals surface area contributed by atoms with Gasteiger partial charge in [0.05, 0.1) is 26.1 Å². The zero-order chi connectivity index (χ0) is 26.6. The number of rotatable bonds is 17. The van der Waals surface area contributed by atoms with Gasteiger partial charge in [-0.3, -0.25) is 9.59 Å². The van der Waals surface area contributed by atoms with Crippen molar-refractivity contribution in [2.75, 3.05) is 53.5 Å². The van der Waals surface area contributed by atoms with Crippen molar-refractivity contribution in [3.8, 4) is 0 Å². The Kier molecular flexibility index (Phi) is 14.6. The summed E-state index contributed by atoms with van der Waals surface area (Å²) in [5.41, 5.74) is 0.129. The second-order valence-electron chi connectivity index (χ2n) is 13.5. The summed E-state index contributed by atoms with van der Waals surface area (Å²) in [5.74, 6) is 0.234. The Balaban J connectivity index is 4.63. The summed E-state index contributed by atoms with van der Waals surface area (Å²) in [6.07, 6.45) is 3.67. The van der Waals surface area contributed by atoms with E-state index < -0.39 is 0 Å². The normalized spacial score (nSPS) is 13.1. The van der Waals surface area contributed by atoms with E-state index in [0.29, 0.717) is 45.1 Å². The molecule has 0 aromatic heterocycles. The first-order valence-corrected chi connectivity index (χ1v) is 13.1. The molecule has 0 spiro atoms. The molecule has 0 amide bonds. The van der Waals surface area contributed by atoms with Gasteiger partial charge in [0.15, 0.2) is 0 Å². The Bertz CT molecular complexity index is 592. The van der Waals surface area contributed by atoms with Gasteiger partial charge < -0.3 is 19.3 Å². The summed E-state index contributed by atoms with van der Waals surface area (Å²) < 4.78 is 11.2. The van der Waals surface area contributed by atoms with Gasteiger partial charge in [-0.05, 0) is 68.6 Å². The number of carbonyl (C=O) groups is 2. The van der Waals surface area contributed by atoms with Gasteiger partial charge >= 0.3 is 11.9 Å². The lowest BCUT2D eigenvalue weighted by Gasteiger charge is -2.32. The third-order valence-electron chi connectivity index (χ3n) is 5.56. The molecule has 6 heteroatoms. The summed E-state index contributed by atoms with van der Waals surface area (Å²) in [5, 5.41) is 0. The molecule has 0 aromatic rings. The van der Waals surface area contributed by atoms with Crippen LogP contribution in [0.1, 0.15) is 94.4 Å². The topological polar surface area (TPSA) is 59.1 Å². The van der Waals surface area contributed by atoms with Crippen molar-refractivity contribution in [2.24, 2.45) is 22.2 Å². The standard InChI is InChI=1S/C28H56N2O4/c1-23(2)19-27(6,7)21-33-24(31)13-17-30(16-12-15-29(10)11)18-14-25(32)34-22-28(8,9)20-26(3,4)5/h23H,12-22H2,1-11H3. The summed E-state index contributed by atoms with van der Waals surface area (Å²) in [4.78, 5) is 29.1. The fourth-order valence-corrected chi connectivity index (χ4v) is 4.79. The maximum Gasteiger partial charge on any atom is 0.307 e. The van der Waals surface area contributed by atoms with Crippen molar-refractivity contribution < 1.29 is 19.1 Å². The Morgan fingerprint density at radius 1 is 0.735 bits per heavy atom. The second-order valence-corrected chi connectivity index (χ2v) is 13.5. The largest absolute Gasteiger partial charge is 0.465 e. The van der Waals surface area contributed by atoms with E-state index in [-0.39, 0.29) is 28.2 Å². The van der Waals surface area contributed by atoms with Crippen LogP contribution < -0.4 is 0 Å². The van der Waals surface area contributed by atoms with Crippen LogP contribution in [0.3, 0.4) is 0 Å². The zero-order valence-electron chi connectivity index (χ0n) is 24.4. The number of nitrogens with zero attached hydrogens (tertiary/aromatic N) is 2. The van der Waals surface area contributed by atoms with Gasteiger partial charge in [0.1, 0.15) is 0 Å². The predicted molar refractivity (Wildman–Crippen MR) is 142 cm³/mol. The number of esters is 2. The van der Waals surface area contributed by atoms with Gasteiger partial charge in [0.25, 0.3) is 0 Å². The van der Waals surface area contributed by atoms with Crippen LogP contribution in [-0.2, 0) is 19.1 Å². The number of hydrogen-bond acceptors (Lipinski definition) is 6. The number of carbonyl (C=O) groups excluding carboxylic acids is 2. The SMILES string of the molecule is CC(C)CC(C)(C)COC(=O)CCN(CCCN(C)C)CCC(=O)OCC(C)(C)CC(C)(C)C. The highest BCUT2D eigenvalue weighted by atomic mass is 16.5. The first-order valence-electron chi connectivity index (χ1n) is 13.1. The quantitative estimate of drug-likeness (QED) is 0.249. The summed E-state index contributed by atoms with van der Waals surface area (Å²) in [6, 6.07) is 0. The molecule has 0 aliphatic carbocycles.